The number of nitrogens with one attached hydrogen (secondary N) is 1. The van der Waals surface area contributed by atoms with E-state index >= 15 is 0 Å². The highest BCUT2D eigenvalue weighted by atomic mass is 16.5. The number of carbonyl (C=O) groups is 1. The second-order valence-corrected chi connectivity index (χ2v) is 7.90. The van der Waals surface area contributed by atoms with Crippen LogP contribution < -0.4 is 5.69 Å². The minimum absolute atomic E-state index is 0.203. The molecule has 3 heterocycles. The van der Waals surface area contributed by atoms with Crippen LogP contribution in [0.2, 0.25) is 0 Å². The summed E-state index contributed by atoms with van der Waals surface area (Å²) in [6.07, 6.45) is 5.30. The third kappa shape index (κ3) is 4.35. The molecule has 2 saturated heterocycles. The molecule has 1 amide bonds. The van der Waals surface area contributed by atoms with Gasteiger partial charge in [-0.1, -0.05) is 18.2 Å². The topological polar surface area (TPSA) is 80.2 Å². The summed E-state index contributed by atoms with van der Waals surface area (Å²) in [4.78, 5) is 26.8. The van der Waals surface area contributed by atoms with E-state index in [1.54, 1.807) is 4.57 Å². The lowest BCUT2D eigenvalue weighted by Gasteiger charge is -2.33. The number of aromatic nitrogens is 3. The molecule has 0 spiro atoms. The number of nitrogens with zero attached hydrogens (tertiary/aromatic N) is 3. The number of carbonyl (C=O) groups excluding carboxylic acids is 1. The zero-order valence-corrected chi connectivity index (χ0v) is 16.2. The number of likely N-dealkylation sites (tertiary alicyclic amines) is 1. The third-order valence-corrected chi connectivity index (χ3v) is 6.00. The number of ether oxygens (including phenoxy) is 1. The Hall–Kier alpha value is -2.41. The molecular formula is C21H28N4O3. The van der Waals surface area contributed by atoms with Crippen molar-refractivity contribution < 1.29 is 9.53 Å². The molecule has 28 heavy (non-hydrogen) atoms. The van der Waals surface area contributed by atoms with Crippen LogP contribution in [0.5, 0.6) is 0 Å². The lowest BCUT2D eigenvalue weighted by molar-refractivity contribution is -0.134. The lowest BCUT2D eigenvalue weighted by atomic mass is 9.91. The molecule has 7 heteroatoms. The van der Waals surface area contributed by atoms with Crippen LogP contribution in [0.1, 0.15) is 37.9 Å². The van der Waals surface area contributed by atoms with E-state index < -0.39 is 0 Å². The van der Waals surface area contributed by atoms with Gasteiger partial charge in [0.05, 0.1) is 5.69 Å². The maximum atomic E-state index is 12.6. The molecule has 0 radical (unpaired) electrons. The number of hydrogen-bond acceptors (Lipinski definition) is 4. The molecule has 2 aromatic rings. The Morgan fingerprint density at radius 3 is 2.50 bits per heavy atom. The van der Waals surface area contributed by atoms with E-state index in [0.29, 0.717) is 18.3 Å². The zero-order chi connectivity index (χ0) is 19.3. The molecule has 1 N–H and O–H groups in total. The van der Waals surface area contributed by atoms with Crippen molar-refractivity contribution >= 4 is 5.91 Å². The van der Waals surface area contributed by atoms with Gasteiger partial charge in [0.1, 0.15) is 5.82 Å². The van der Waals surface area contributed by atoms with Crippen LogP contribution in [-0.2, 0) is 16.0 Å². The van der Waals surface area contributed by atoms with Crippen molar-refractivity contribution in [1.82, 2.24) is 19.7 Å². The van der Waals surface area contributed by atoms with Gasteiger partial charge in [0.25, 0.3) is 0 Å². The number of para-hydroxylation sites is 1. The molecule has 0 unspecified atom stereocenters. The largest absolute Gasteiger partial charge is 0.381 e. The molecule has 2 fully saturated rings. The maximum absolute atomic E-state index is 12.6. The minimum atomic E-state index is -0.203. The molecule has 1 aromatic carbocycles. The molecule has 1 aromatic heterocycles. The Balaban J connectivity index is 1.33. The van der Waals surface area contributed by atoms with Gasteiger partial charge in [-0.05, 0) is 49.7 Å². The Bertz CT molecular complexity index is 831. The number of piperidine rings is 1. The van der Waals surface area contributed by atoms with Crippen LogP contribution in [0.4, 0.5) is 0 Å². The number of H-pyrrole nitrogens is 1. The molecule has 0 aliphatic carbocycles. The Labute approximate surface area is 164 Å². The van der Waals surface area contributed by atoms with Gasteiger partial charge < -0.3 is 9.64 Å². The van der Waals surface area contributed by atoms with Gasteiger partial charge in [-0.2, -0.15) is 5.10 Å². The van der Waals surface area contributed by atoms with E-state index in [-0.39, 0.29) is 11.6 Å². The molecule has 0 saturated carbocycles. The maximum Gasteiger partial charge on any atom is 0.347 e. The first-order valence-corrected chi connectivity index (χ1v) is 10.3. The zero-order valence-electron chi connectivity index (χ0n) is 16.2. The summed E-state index contributed by atoms with van der Waals surface area (Å²) >= 11 is 0. The van der Waals surface area contributed by atoms with Crippen molar-refractivity contribution in [2.24, 2.45) is 11.8 Å². The van der Waals surface area contributed by atoms with Crippen molar-refractivity contribution in [2.45, 2.75) is 38.5 Å². The summed E-state index contributed by atoms with van der Waals surface area (Å²) < 4.78 is 7.04. The Kier molecular flexibility index (Phi) is 5.90. The van der Waals surface area contributed by atoms with E-state index in [4.69, 9.17) is 4.74 Å². The smallest absolute Gasteiger partial charge is 0.347 e. The monoisotopic (exact) mass is 384 g/mol. The summed E-state index contributed by atoms with van der Waals surface area (Å²) in [6.45, 7) is 3.17. The van der Waals surface area contributed by atoms with Gasteiger partial charge in [-0.15, -0.1) is 0 Å². The van der Waals surface area contributed by atoms with Crippen LogP contribution in [0.3, 0.4) is 0 Å². The van der Waals surface area contributed by atoms with Crippen LogP contribution in [0.25, 0.3) is 5.69 Å². The van der Waals surface area contributed by atoms with Crippen molar-refractivity contribution in [2.75, 3.05) is 26.3 Å². The average Bonchev–Trinajstić information content (AvgIpc) is 3.10. The van der Waals surface area contributed by atoms with Gasteiger partial charge in [-0.25, -0.2) is 14.5 Å². The Morgan fingerprint density at radius 1 is 1.07 bits per heavy atom. The van der Waals surface area contributed by atoms with Crippen molar-refractivity contribution in [3.05, 3.63) is 46.6 Å². The SMILES string of the molecule is O=C(CC1CCOCC1)N1CCC(Cc2n[nH]c(=O)n2-c2ccccc2)CC1. The van der Waals surface area contributed by atoms with Gasteiger partial charge in [-0.3, -0.25) is 4.79 Å². The van der Waals surface area contributed by atoms with Gasteiger partial charge >= 0.3 is 5.69 Å². The molecule has 7 nitrogen and oxygen atoms in total. The predicted octanol–water partition coefficient (Wildman–Crippen LogP) is 2.16. The summed E-state index contributed by atoms with van der Waals surface area (Å²) in [7, 11) is 0. The molecule has 150 valence electrons. The summed E-state index contributed by atoms with van der Waals surface area (Å²) in [5.74, 6) is 1.96. The lowest BCUT2D eigenvalue weighted by Crippen LogP contribution is -2.40. The fraction of sp³-hybridized carbons (Fsp3) is 0.571. The van der Waals surface area contributed by atoms with Gasteiger partial charge in [0.2, 0.25) is 5.91 Å². The highest BCUT2D eigenvalue weighted by Crippen LogP contribution is 2.24. The molecule has 0 bridgehead atoms. The van der Waals surface area contributed by atoms with Crippen LogP contribution in [0.15, 0.2) is 35.1 Å². The van der Waals surface area contributed by atoms with Crippen molar-refractivity contribution in [3.8, 4) is 5.69 Å². The van der Waals surface area contributed by atoms with Crippen LogP contribution in [-0.4, -0.2) is 51.9 Å². The van der Waals surface area contributed by atoms with E-state index in [0.717, 1.165) is 69.9 Å². The third-order valence-electron chi connectivity index (χ3n) is 6.00. The quantitative estimate of drug-likeness (QED) is 0.857. The number of benzene rings is 1. The summed E-state index contributed by atoms with van der Waals surface area (Å²) in [5, 5.41) is 6.83. The number of hydrogen-bond donors (Lipinski definition) is 1. The minimum Gasteiger partial charge on any atom is -0.381 e. The van der Waals surface area contributed by atoms with Crippen molar-refractivity contribution in [3.63, 3.8) is 0 Å². The van der Waals surface area contributed by atoms with E-state index in [1.807, 2.05) is 35.2 Å². The van der Waals surface area contributed by atoms with E-state index in [1.165, 1.54) is 0 Å². The molecule has 4 rings (SSSR count). The highest BCUT2D eigenvalue weighted by Gasteiger charge is 2.27. The number of aromatic amines is 1. The first kappa shape index (κ1) is 18.9. The number of rotatable bonds is 5. The predicted molar refractivity (Wildman–Crippen MR) is 105 cm³/mol. The average molecular weight is 384 g/mol. The highest BCUT2D eigenvalue weighted by molar-refractivity contribution is 5.76. The molecule has 0 atom stereocenters. The molecular weight excluding hydrogens is 356 g/mol. The number of amides is 1. The van der Waals surface area contributed by atoms with Gasteiger partial charge in [0.15, 0.2) is 0 Å². The van der Waals surface area contributed by atoms with Crippen molar-refractivity contribution in [1.29, 1.82) is 0 Å². The fourth-order valence-corrected chi connectivity index (χ4v) is 4.28. The molecule has 2 aliphatic rings. The van der Waals surface area contributed by atoms with E-state index in [2.05, 4.69) is 10.2 Å². The van der Waals surface area contributed by atoms with E-state index in [9.17, 15) is 9.59 Å². The standard InChI is InChI=1S/C21H28N4O3/c26-20(15-17-8-12-28-13-9-17)24-10-6-16(7-11-24)14-19-22-23-21(27)25(19)18-4-2-1-3-5-18/h1-5,16-17H,6-15H2,(H,23,27). The second-order valence-electron chi connectivity index (χ2n) is 7.90. The first-order valence-electron chi connectivity index (χ1n) is 10.3. The first-order chi connectivity index (χ1) is 13.7. The van der Waals surface area contributed by atoms with Crippen LogP contribution in [0, 0.1) is 11.8 Å². The summed E-state index contributed by atoms with van der Waals surface area (Å²) in [6, 6.07) is 9.60. The Morgan fingerprint density at radius 2 is 1.79 bits per heavy atom. The van der Waals surface area contributed by atoms with Crippen LogP contribution >= 0.6 is 0 Å². The fourth-order valence-electron chi connectivity index (χ4n) is 4.28. The van der Waals surface area contributed by atoms with Gasteiger partial charge in [0, 0.05) is 39.1 Å². The second kappa shape index (κ2) is 8.73. The normalized spacial score (nSPS) is 19.1. The summed E-state index contributed by atoms with van der Waals surface area (Å²) in [5.41, 5.74) is 0.630. The molecule has 2 aliphatic heterocycles.